The van der Waals surface area contributed by atoms with E-state index in [-0.39, 0.29) is 15.7 Å². The summed E-state index contributed by atoms with van der Waals surface area (Å²) in [6.45, 7) is 1.78. The smallest absolute Gasteiger partial charge is 0.248 e. The molecule has 7 heteroatoms. The number of rotatable bonds is 5. The lowest BCUT2D eigenvalue weighted by atomic mass is 10.2. The quantitative estimate of drug-likeness (QED) is 0.687. The fourth-order valence-corrected chi connectivity index (χ4v) is 3.67. The van der Waals surface area contributed by atoms with Gasteiger partial charge < -0.3 is 5.32 Å². The van der Waals surface area contributed by atoms with E-state index in [1.807, 2.05) is 6.07 Å². The number of hydrogen-bond donors (Lipinski definition) is 1. The van der Waals surface area contributed by atoms with Crippen molar-refractivity contribution in [2.75, 3.05) is 5.32 Å². The van der Waals surface area contributed by atoms with E-state index < -0.39 is 9.84 Å². The van der Waals surface area contributed by atoms with Crippen LogP contribution in [-0.4, -0.2) is 24.3 Å². The number of carbonyl (C=O) groups excluding carboxylic acids is 1. The second kappa shape index (κ2) is 7.92. The average Bonchev–Trinajstić information content (AvgIpc) is 2.68. The molecular formula is C20H17N3O3S. The lowest BCUT2D eigenvalue weighted by molar-refractivity contribution is -0.111. The van der Waals surface area contributed by atoms with Crippen molar-refractivity contribution in [3.05, 3.63) is 84.5 Å². The summed E-state index contributed by atoms with van der Waals surface area (Å²) in [6, 6.07) is 11.2. The Bertz CT molecular complexity index is 1080. The SMILES string of the molecule is Cc1cncc(S(=O)(=O)c2ccc(NC(=O)C=Cc3cccnc3)cc2)c1. The molecular weight excluding hydrogens is 362 g/mol. The van der Waals surface area contributed by atoms with Crippen LogP contribution in [0, 0.1) is 6.92 Å². The van der Waals surface area contributed by atoms with Crippen LogP contribution in [0.15, 0.2) is 83.1 Å². The van der Waals surface area contributed by atoms with E-state index in [0.29, 0.717) is 5.69 Å². The van der Waals surface area contributed by atoms with Gasteiger partial charge in [-0.2, -0.15) is 0 Å². The lowest BCUT2D eigenvalue weighted by Crippen LogP contribution is -2.08. The van der Waals surface area contributed by atoms with E-state index in [4.69, 9.17) is 0 Å². The van der Waals surface area contributed by atoms with E-state index in [0.717, 1.165) is 11.1 Å². The Balaban J connectivity index is 1.72. The third-order valence-corrected chi connectivity index (χ3v) is 5.44. The van der Waals surface area contributed by atoms with Gasteiger partial charge in [0.05, 0.1) is 9.79 Å². The Morgan fingerprint density at radius 2 is 1.78 bits per heavy atom. The maximum atomic E-state index is 12.6. The van der Waals surface area contributed by atoms with Crippen molar-refractivity contribution in [2.45, 2.75) is 16.7 Å². The fourth-order valence-electron chi connectivity index (χ4n) is 2.36. The molecule has 2 aromatic heterocycles. The van der Waals surface area contributed by atoms with E-state index in [1.165, 1.54) is 24.4 Å². The molecule has 1 N–H and O–H groups in total. The molecule has 0 bridgehead atoms. The zero-order valence-corrected chi connectivity index (χ0v) is 15.3. The van der Waals surface area contributed by atoms with Gasteiger partial charge in [-0.25, -0.2) is 8.42 Å². The van der Waals surface area contributed by atoms with E-state index in [9.17, 15) is 13.2 Å². The molecule has 0 atom stereocenters. The number of nitrogens with zero attached hydrogens (tertiary/aromatic N) is 2. The monoisotopic (exact) mass is 379 g/mol. The van der Waals surface area contributed by atoms with Gasteiger partial charge in [0.1, 0.15) is 0 Å². The van der Waals surface area contributed by atoms with Crippen LogP contribution in [0.25, 0.3) is 6.08 Å². The van der Waals surface area contributed by atoms with Gasteiger partial charge >= 0.3 is 0 Å². The van der Waals surface area contributed by atoms with Gasteiger partial charge in [-0.1, -0.05) is 6.07 Å². The van der Waals surface area contributed by atoms with Gasteiger partial charge in [-0.05, 0) is 60.5 Å². The van der Waals surface area contributed by atoms with E-state index in [2.05, 4.69) is 15.3 Å². The number of nitrogens with one attached hydrogen (secondary N) is 1. The summed E-state index contributed by atoms with van der Waals surface area (Å²) in [7, 11) is -3.65. The molecule has 0 aliphatic heterocycles. The molecule has 0 aliphatic rings. The predicted molar refractivity (Wildman–Crippen MR) is 103 cm³/mol. The Morgan fingerprint density at radius 1 is 1.00 bits per heavy atom. The Kier molecular flexibility index (Phi) is 5.42. The topological polar surface area (TPSA) is 89.0 Å². The van der Waals surface area contributed by atoms with Crippen molar-refractivity contribution in [2.24, 2.45) is 0 Å². The summed E-state index contributed by atoms with van der Waals surface area (Å²) in [5, 5.41) is 2.69. The molecule has 0 saturated carbocycles. The minimum Gasteiger partial charge on any atom is -0.323 e. The predicted octanol–water partition coefficient (Wildman–Crippen LogP) is 3.27. The zero-order valence-electron chi connectivity index (χ0n) is 14.5. The number of aryl methyl sites for hydroxylation is 1. The summed E-state index contributed by atoms with van der Waals surface area (Å²) in [5.74, 6) is -0.322. The maximum absolute atomic E-state index is 12.6. The van der Waals surface area contributed by atoms with Crippen molar-refractivity contribution in [3.8, 4) is 0 Å². The summed E-state index contributed by atoms with van der Waals surface area (Å²) in [6.07, 6.45) is 9.24. The minimum atomic E-state index is -3.65. The van der Waals surface area contributed by atoms with Gasteiger partial charge in [0.25, 0.3) is 0 Å². The lowest BCUT2D eigenvalue weighted by Gasteiger charge is -2.07. The zero-order chi connectivity index (χ0) is 19.3. The second-order valence-electron chi connectivity index (χ2n) is 5.83. The van der Waals surface area contributed by atoms with Gasteiger partial charge in [-0.15, -0.1) is 0 Å². The first kappa shape index (κ1) is 18.5. The van der Waals surface area contributed by atoms with Crippen LogP contribution < -0.4 is 5.32 Å². The fraction of sp³-hybridized carbons (Fsp3) is 0.0500. The van der Waals surface area contributed by atoms with E-state index >= 15 is 0 Å². The summed E-state index contributed by atoms with van der Waals surface area (Å²) >= 11 is 0. The molecule has 3 aromatic rings. The molecule has 0 saturated heterocycles. The molecule has 0 radical (unpaired) electrons. The average molecular weight is 379 g/mol. The Morgan fingerprint density at radius 3 is 2.44 bits per heavy atom. The highest BCUT2D eigenvalue weighted by molar-refractivity contribution is 7.91. The normalized spacial score (nSPS) is 11.4. The third-order valence-electron chi connectivity index (χ3n) is 3.70. The molecule has 0 aliphatic carbocycles. The first-order valence-electron chi connectivity index (χ1n) is 8.11. The summed E-state index contributed by atoms with van der Waals surface area (Å²) in [4.78, 5) is 20.2. The molecule has 0 spiro atoms. The number of hydrogen-bond acceptors (Lipinski definition) is 5. The van der Waals surface area contributed by atoms with Crippen molar-refractivity contribution in [1.29, 1.82) is 0 Å². The largest absolute Gasteiger partial charge is 0.323 e. The minimum absolute atomic E-state index is 0.138. The van der Waals surface area contributed by atoms with Crippen molar-refractivity contribution in [1.82, 2.24) is 9.97 Å². The molecule has 2 heterocycles. The first-order chi connectivity index (χ1) is 12.9. The van der Waals surface area contributed by atoms with Crippen LogP contribution in [0.4, 0.5) is 5.69 Å². The molecule has 27 heavy (non-hydrogen) atoms. The molecule has 0 unspecified atom stereocenters. The standard InChI is InChI=1S/C20H17N3O3S/c1-15-11-19(14-22-12-15)27(25,26)18-7-5-17(6-8-18)23-20(24)9-4-16-3-2-10-21-13-16/h2-14H,1H3,(H,23,24). The second-order valence-corrected chi connectivity index (χ2v) is 7.78. The van der Waals surface area contributed by atoms with Crippen LogP contribution in [-0.2, 0) is 14.6 Å². The Labute approximate surface area is 157 Å². The first-order valence-corrected chi connectivity index (χ1v) is 9.59. The van der Waals surface area contributed by atoms with Crippen LogP contribution in [0.3, 0.4) is 0 Å². The van der Waals surface area contributed by atoms with Gasteiger partial charge in [-0.3, -0.25) is 14.8 Å². The van der Waals surface area contributed by atoms with Gasteiger partial charge in [0.2, 0.25) is 15.7 Å². The number of benzene rings is 1. The van der Waals surface area contributed by atoms with Crippen LogP contribution in [0.1, 0.15) is 11.1 Å². The van der Waals surface area contributed by atoms with Crippen LogP contribution in [0.2, 0.25) is 0 Å². The summed E-state index contributed by atoms with van der Waals surface area (Å²) < 4.78 is 25.3. The number of pyridine rings is 2. The van der Waals surface area contributed by atoms with Crippen molar-refractivity contribution < 1.29 is 13.2 Å². The van der Waals surface area contributed by atoms with Crippen molar-refractivity contribution in [3.63, 3.8) is 0 Å². The number of sulfone groups is 1. The number of aromatic nitrogens is 2. The third kappa shape index (κ3) is 4.65. The highest BCUT2D eigenvalue weighted by Crippen LogP contribution is 2.22. The number of anilines is 1. The molecule has 136 valence electrons. The molecule has 1 aromatic carbocycles. The summed E-state index contributed by atoms with van der Waals surface area (Å²) in [5.41, 5.74) is 2.07. The highest BCUT2D eigenvalue weighted by Gasteiger charge is 2.18. The molecule has 6 nitrogen and oxygen atoms in total. The van der Waals surface area contributed by atoms with Crippen molar-refractivity contribution >= 4 is 27.5 Å². The molecule has 0 fully saturated rings. The van der Waals surface area contributed by atoms with Gasteiger partial charge in [0.15, 0.2) is 0 Å². The van der Waals surface area contributed by atoms with E-state index in [1.54, 1.807) is 55.9 Å². The van der Waals surface area contributed by atoms with Gasteiger partial charge in [0, 0.05) is 36.6 Å². The molecule has 3 rings (SSSR count). The maximum Gasteiger partial charge on any atom is 0.248 e. The van der Waals surface area contributed by atoms with Crippen LogP contribution in [0.5, 0.6) is 0 Å². The van der Waals surface area contributed by atoms with Crippen LogP contribution >= 0.6 is 0 Å². The molecule has 1 amide bonds. The number of carbonyl (C=O) groups is 1. The Hall–Kier alpha value is -3.32. The highest BCUT2D eigenvalue weighted by atomic mass is 32.2. The number of amides is 1.